The molecule has 0 saturated carbocycles. The van der Waals surface area contributed by atoms with E-state index in [1.165, 1.54) is 4.90 Å². The lowest BCUT2D eigenvalue weighted by molar-refractivity contribution is -0.144. The van der Waals surface area contributed by atoms with E-state index in [4.69, 9.17) is 5.73 Å². The average Bonchev–Trinajstić information content (AvgIpc) is 2.11. The molecule has 0 aliphatic heterocycles. The highest BCUT2D eigenvalue weighted by Gasteiger charge is 2.16. The summed E-state index contributed by atoms with van der Waals surface area (Å²) >= 11 is 0. The van der Waals surface area contributed by atoms with Gasteiger partial charge >= 0.3 is 0 Å². The van der Waals surface area contributed by atoms with Gasteiger partial charge in [-0.3, -0.25) is 14.5 Å². The Morgan fingerprint density at radius 2 is 1.58 bits per heavy atom. The molecule has 4 heteroatoms. The molecule has 2 amide bonds. The fraction of sp³-hybridized carbons (Fsp3) is 0.750. The molecule has 0 aromatic carbocycles. The van der Waals surface area contributed by atoms with Gasteiger partial charge in [0.1, 0.15) is 0 Å². The number of carbonyl (C=O) groups is 2. The summed E-state index contributed by atoms with van der Waals surface area (Å²) < 4.78 is 0. The van der Waals surface area contributed by atoms with E-state index in [-0.39, 0.29) is 11.8 Å². The molecule has 2 N–H and O–H groups in total. The van der Waals surface area contributed by atoms with Crippen LogP contribution in [0.2, 0.25) is 0 Å². The molecule has 70 valence electrons. The van der Waals surface area contributed by atoms with Crippen molar-refractivity contribution in [3.05, 3.63) is 0 Å². The summed E-state index contributed by atoms with van der Waals surface area (Å²) in [4.78, 5) is 23.5. The largest absolute Gasteiger partial charge is 0.329 e. The second-order valence-corrected chi connectivity index (χ2v) is 2.43. The Hall–Kier alpha value is -0.900. The minimum Gasteiger partial charge on any atom is -0.329 e. The van der Waals surface area contributed by atoms with Crippen molar-refractivity contribution in [2.45, 2.75) is 26.7 Å². The van der Waals surface area contributed by atoms with E-state index in [9.17, 15) is 9.59 Å². The molecule has 0 aromatic rings. The van der Waals surface area contributed by atoms with Crippen LogP contribution in [0.5, 0.6) is 0 Å². The van der Waals surface area contributed by atoms with Gasteiger partial charge in [-0.25, -0.2) is 0 Å². The zero-order valence-corrected chi connectivity index (χ0v) is 7.67. The molecule has 0 unspecified atom stereocenters. The number of nitrogens with zero attached hydrogens (tertiary/aromatic N) is 1. The third kappa shape index (κ3) is 3.00. The van der Waals surface area contributed by atoms with Crippen LogP contribution in [0.25, 0.3) is 0 Å². The highest BCUT2D eigenvalue weighted by molar-refractivity contribution is 5.95. The Labute approximate surface area is 72.7 Å². The summed E-state index contributed by atoms with van der Waals surface area (Å²) in [6.07, 6.45) is 0.706. The molecule has 0 aliphatic rings. The van der Waals surface area contributed by atoms with E-state index < -0.39 is 0 Å². The molecular weight excluding hydrogens is 156 g/mol. The van der Waals surface area contributed by atoms with E-state index in [0.717, 1.165) is 0 Å². The molecule has 0 rings (SSSR count). The number of imide groups is 1. The van der Waals surface area contributed by atoms with Crippen molar-refractivity contribution in [1.82, 2.24) is 4.90 Å². The van der Waals surface area contributed by atoms with E-state index in [2.05, 4.69) is 0 Å². The zero-order chi connectivity index (χ0) is 9.56. The van der Waals surface area contributed by atoms with Gasteiger partial charge in [0.2, 0.25) is 11.8 Å². The van der Waals surface area contributed by atoms with Crippen LogP contribution in [0.1, 0.15) is 26.7 Å². The third-order valence-corrected chi connectivity index (χ3v) is 1.56. The van der Waals surface area contributed by atoms with Gasteiger partial charge in [-0.2, -0.15) is 0 Å². The van der Waals surface area contributed by atoms with Crippen molar-refractivity contribution in [2.75, 3.05) is 13.1 Å². The second kappa shape index (κ2) is 5.71. The highest BCUT2D eigenvalue weighted by Crippen LogP contribution is 1.96. The van der Waals surface area contributed by atoms with Crippen LogP contribution in [0.3, 0.4) is 0 Å². The minimum atomic E-state index is -0.146. The molecular formula is C8H16N2O2. The predicted octanol–water partition coefficient (Wildman–Crippen LogP) is 0.120. The lowest BCUT2D eigenvalue weighted by Gasteiger charge is -2.18. The Kier molecular flexibility index (Phi) is 5.28. The van der Waals surface area contributed by atoms with E-state index >= 15 is 0 Å². The first-order valence-corrected chi connectivity index (χ1v) is 4.20. The van der Waals surface area contributed by atoms with Crippen LogP contribution in [0.4, 0.5) is 0 Å². The third-order valence-electron chi connectivity index (χ3n) is 1.56. The molecule has 0 atom stereocenters. The van der Waals surface area contributed by atoms with Gasteiger partial charge in [0.25, 0.3) is 0 Å². The number of nitrogens with two attached hydrogens (primary N) is 1. The van der Waals surface area contributed by atoms with Gasteiger partial charge in [-0.1, -0.05) is 13.8 Å². The quantitative estimate of drug-likeness (QED) is 0.655. The Morgan fingerprint density at radius 3 is 1.83 bits per heavy atom. The van der Waals surface area contributed by atoms with E-state index in [1.807, 2.05) is 0 Å². The number of hydrogen-bond donors (Lipinski definition) is 1. The molecule has 0 heterocycles. The van der Waals surface area contributed by atoms with Gasteiger partial charge in [0, 0.05) is 25.9 Å². The SMILES string of the molecule is CCC(=O)N(CCN)C(=O)CC. The second-order valence-electron chi connectivity index (χ2n) is 2.43. The normalized spacial score (nSPS) is 9.58. The lowest BCUT2D eigenvalue weighted by atomic mass is 10.3. The fourth-order valence-electron chi connectivity index (χ4n) is 0.899. The van der Waals surface area contributed by atoms with E-state index in [1.54, 1.807) is 13.8 Å². The Morgan fingerprint density at radius 1 is 1.17 bits per heavy atom. The maximum atomic E-state index is 11.2. The molecule has 0 spiro atoms. The smallest absolute Gasteiger partial charge is 0.228 e. The molecule has 4 nitrogen and oxygen atoms in total. The van der Waals surface area contributed by atoms with Crippen molar-refractivity contribution in [3.8, 4) is 0 Å². The Balaban J connectivity index is 4.21. The zero-order valence-electron chi connectivity index (χ0n) is 7.67. The van der Waals surface area contributed by atoms with Crippen LogP contribution in [0, 0.1) is 0 Å². The summed E-state index contributed by atoms with van der Waals surface area (Å²) in [6.45, 7) is 4.13. The van der Waals surface area contributed by atoms with Crippen molar-refractivity contribution < 1.29 is 9.59 Å². The predicted molar refractivity (Wildman–Crippen MR) is 46.4 cm³/mol. The molecule has 0 aromatic heterocycles. The minimum absolute atomic E-state index is 0.146. The number of hydrogen-bond acceptors (Lipinski definition) is 3. The van der Waals surface area contributed by atoms with Crippen LogP contribution in [0.15, 0.2) is 0 Å². The lowest BCUT2D eigenvalue weighted by Crippen LogP contribution is -2.39. The maximum Gasteiger partial charge on any atom is 0.228 e. The van der Waals surface area contributed by atoms with E-state index in [0.29, 0.717) is 25.9 Å². The topological polar surface area (TPSA) is 63.4 Å². The molecule has 0 saturated heterocycles. The first kappa shape index (κ1) is 11.1. The molecule has 12 heavy (non-hydrogen) atoms. The summed E-state index contributed by atoms with van der Waals surface area (Å²) in [5, 5.41) is 0. The Bertz CT molecular complexity index is 152. The van der Waals surface area contributed by atoms with Crippen molar-refractivity contribution in [3.63, 3.8) is 0 Å². The van der Waals surface area contributed by atoms with Crippen molar-refractivity contribution in [1.29, 1.82) is 0 Å². The maximum absolute atomic E-state index is 11.2. The first-order valence-electron chi connectivity index (χ1n) is 4.20. The molecule has 0 aliphatic carbocycles. The molecule has 0 fully saturated rings. The van der Waals surface area contributed by atoms with Crippen LogP contribution < -0.4 is 5.73 Å². The number of carbonyl (C=O) groups excluding carboxylic acids is 2. The first-order chi connectivity index (χ1) is 5.67. The number of rotatable bonds is 4. The van der Waals surface area contributed by atoms with Crippen LogP contribution in [-0.2, 0) is 9.59 Å². The average molecular weight is 172 g/mol. The van der Waals surface area contributed by atoms with Gasteiger partial charge in [0.15, 0.2) is 0 Å². The highest BCUT2D eigenvalue weighted by atomic mass is 16.2. The van der Waals surface area contributed by atoms with Crippen LogP contribution in [-0.4, -0.2) is 29.8 Å². The monoisotopic (exact) mass is 172 g/mol. The van der Waals surface area contributed by atoms with Gasteiger partial charge in [-0.05, 0) is 0 Å². The van der Waals surface area contributed by atoms with Crippen molar-refractivity contribution >= 4 is 11.8 Å². The molecule has 0 radical (unpaired) electrons. The molecule has 0 bridgehead atoms. The van der Waals surface area contributed by atoms with Crippen LogP contribution >= 0.6 is 0 Å². The summed E-state index contributed by atoms with van der Waals surface area (Å²) in [5.74, 6) is -0.292. The van der Waals surface area contributed by atoms with Crippen molar-refractivity contribution in [2.24, 2.45) is 5.73 Å². The fourth-order valence-corrected chi connectivity index (χ4v) is 0.899. The summed E-state index contributed by atoms with van der Waals surface area (Å²) in [6, 6.07) is 0. The number of amides is 2. The standard InChI is InChI=1S/C8H16N2O2/c1-3-7(11)10(6-5-9)8(12)4-2/h3-6,9H2,1-2H3. The summed E-state index contributed by atoms with van der Waals surface area (Å²) in [7, 11) is 0. The van der Waals surface area contributed by atoms with Gasteiger partial charge in [-0.15, -0.1) is 0 Å². The van der Waals surface area contributed by atoms with Gasteiger partial charge < -0.3 is 5.73 Å². The van der Waals surface area contributed by atoms with Gasteiger partial charge in [0.05, 0.1) is 0 Å². The summed E-state index contributed by atoms with van der Waals surface area (Å²) in [5.41, 5.74) is 5.27.